The highest BCUT2D eigenvalue weighted by Gasteiger charge is 2.27. The van der Waals surface area contributed by atoms with Gasteiger partial charge < -0.3 is 10.2 Å². The van der Waals surface area contributed by atoms with Crippen LogP contribution in [0.15, 0.2) is 0 Å². The fourth-order valence-corrected chi connectivity index (χ4v) is 2.03. The molecule has 0 bridgehead atoms. The van der Waals surface area contributed by atoms with Crippen molar-refractivity contribution >= 4 is 0 Å². The number of hydrogen-bond acceptors (Lipinski definition) is 2. The molecule has 0 aromatic carbocycles. The molecule has 0 aromatic rings. The van der Waals surface area contributed by atoms with Gasteiger partial charge in [0.05, 0.1) is 0 Å². The first-order chi connectivity index (χ1) is 5.27. The maximum absolute atomic E-state index is 9.00. The SMILES string of the molecule is C[C@@H]1CC[C@H](CO)[C@H](CO)C1. The van der Waals surface area contributed by atoms with Gasteiger partial charge >= 0.3 is 0 Å². The van der Waals surface area contributed by atoms with E-state index in [1.165, 1.54) is 6.42 Å². The monoisotopic (exact) mass is 158 g/mol. The molecule has 66 valence electrons. The van der Waals surface area contributed by atoms with Crippen molar-refractivity contribution in [3.63, 3.8) is 0 Å². The molecule has 0 radical (unpaired) electrons. The third-order valence-electron chi connectivity index (χ3n) is 2.87. The van der Waals surface area contributed by atoms with Crippen LogP contribution in [0.2, 0.25) is 0 Å². The van der Waals surface area contributed by atoms with E-state index in [-0.39, 0.29) is 13.2 Å². The molecular formula is C9H18O2. The minimum Gasteiger partial charge on any atom is -0.396 e. The lowest BCUT2D eigenvalue weighted by Gasteiger charge is -2.32. The molecule has 0 spiro atoms. The highest BCUT2D eigenvalue weighted by Crippen LogP contribution is 2.32. The third kappa shape index (κ3) is 2.17. The van der Waals surface area contributed by atoms with Gasteiger partial charge in [-0.1, -0.05) is 13.3 Å². The Morgan fingerprint density at radius 2 is 1.73 bits per heavy atom. The summed E-state index contributed by atoms with van der Waals surface area (Å²) in [6, 6.07) is 0. The lowest BCUT2D eigenvalue weighted by Crippen LogP contribution is -2.28. The Bertz CT molecular complexity index is 114. The molecule has 0 heterocycles. The molecule has 2 nitrogen and oxygen atoms in total. The summed E-state index contributed by atoms with van der Waals surface area (Å²) in [5.74, 6) is 1.44. The summed E-state index contributed by atoms with van der Waals surface area (Å²) < 4.78 is 0. The molecule has 0 saturated heterocycles. The van der Waals surface area contributed by atoms with Gasteiger partial charge in [-0.15, -0.1) is 0 Å². The molecule has 1 aliphatic carbocycles. The predicted molar refractivity (Wildman–Crippen MR) is 44.2 cm³/mol. The molecule has 11 heavy (non-hydrogen) atoms. The summed E-state index contributed by atoms with van der Waals surface area (Å²) in [6.07, 6.45) is 3.38. The van der Waals surface area contributed by atoms with Crippen molar-refractivity contribution in [1.29, 1.82) is 0 Å². The molecule has 0 aliphatic heterocycles. The van der Waals surface area contributed by atoms with Gasteiger partial charge in [-0.2, -0.15) is 0 Å². The van der Waals surface area contributed by atoms with E-state index in [9.17, 15) is 0 Å². The first-order valence-corrected chi connectivity index (χ1v) is 4.49. The van der Waals surface area contributed by atoms with Gasteiger partial charge in [0.2, 0.25) is 0 Å². The highest BCUT2D eigenvalue weighted by molar-refractivity contribution is 4.77. The van der Waals surface area contributed by atoms with E-state index in [1.807, 2.05) is 0 Å². The third-order valence-corrected chi connectivity index (χ3v) is 2.87. The number of aliphatic hydroxyl groups is 2. The van der Waals surface area contributed by atoms with Gasteiger partial charge in [0.25, 0.3) is 0 Å². The molecule has 0 amide bonds. The number of rotatable bonds is 2. The summed E-state index contributed by atoms with van der Waals surface area (Å²) in [5, 5.41) is 18.0. The van der Waals surface area contributed by atoms with Gasteiger partial charge in [-0.3, -0.25) is 0 Å². The second-order valence-corrected chi connectivity index (χ2v) is 3.80. The zero-order chi connectivity index (χ0) is 8.27. The first-order valence-electron chi connectivity index (χ1n) is 4.49. The smallest absolute Gasteiger partial charge is 0.0462 e. The zero-order valence-corrected chi connectivity index (χ0v) is 7.16. The summed E-state index contributed by atoms with van der Waals surface area (Å²) in [7, 11) is 0. The molecule has 1 rings (SSSR count). The average Bonchev–Trinajstić information content (AvgIpc) is 2.04. The summed E-state index contributed by atoms with van der Waals surface area (Å²) >= 11 is 0. The van der Waals surface area contributed by atoms with Gasteiger partial charge in [-0.05, 0) is 30.6 Å². The molecule has 0 unspecified atom stereocenters. The maximum atomic E-state index is 9.00. The zero-order valence-electron chi connectivity index (χ0n) is 7.16. The van der Waals surface area contributed by atoms with Crippen molar-refractivity contribution in [2.24, 2.45) is 17.8 Å². The normalized spacial score (nSPS) is 39.0. The predicted octanol–water partition coefficient (Wildman–Crippen LogP) is 1.02. The largest absolute Gasteiger partial charge is 0.396 e. The lowest BCUT2D eigenvalue weighted by atomic mass is 9.75. The Morgan fingerprint density at radius 1 is 1.09 bits per heavy atom. The molecular weight excluding hydrogens is 140 g/mol. The van der Waals surface area contributed by atoms with Crippen molar-refractivity contribution in [2.75, 3.05) is 13.2 Å². The van der Waals surface area contributed by atoms with Crippen molar-refractivity contribution in [3.8, 4) is 0 Å². The van der Waals surface area contributed by atoms with Crippen molar-refractivity contribution < 1.29 is 10.2 Å². The minimum atomic E-state index is 0.246. The Balaban J connectivity index is 2.41. The Kier molecular flexibility index (Phi) is 3.34. The van der Waals surface area contributed by atoms with E-state index in [2.05, 4.69) is 6.92 Å². The van der Waals surface area contributed by atoms with Crippen LogP contribution in [0.1, 0.15) is 26.2 Å². The van der Waals surface area contributed by atoms with E-state index in [0.717, 1.165) is 18.8 Å². The topological polar surface area (TPSA) is 40.5 Å². The summed E-state index contributed by atoms with van der Waals surface area (Å²) in [4.78, 5) is 0. The molecule has 1 saturated carbocycles. The average molecular weight is 158 g/mol. The number of hydrogen-bond donors (Lipinski definition) is 2. The summed E-state index contributed by atoms with van der Waals surface area (Å²) in [5.41, 5.74) is 0. The number of aliphatic hydroxyl groups excluding tert-OH is 2. The second kappa shape index (κ2) is 4.07. The van der Waals surface area contributed by atoms with Gasteiger partial charge in [0, 0.05) is 13.2 Å². The summed E-state index contributed by atoms with van der Waals surface area (Å²) in [6.45, 7) is 2.71. The fourth-order valence-electron chi connectivity index (χ4n) is 2.03. The minimum absolute atomic E-state index is 0.246. The lowest BCUT2D eigenvalue weighted by molar-refractivity contribution is 0.0686. The molecule has 1 aliphatic rings. The van der Waals surface area contributed by atoms with Crippen LogP contribution >= 0.6 is 0 Å². The van der Waals surface area contributed by atoms with Crippen LogP contribution in [0.5, 0.6) is 0 Å². The van der Waals surface area contributed by atoms with Gasteiger partial charge in [0.15, 0.2) is 0 Å². The quantitative estimate of drug-likeness (QED) is 0.630. The van der Waals surface area contributed by atoms with Crippen molar-refractivity contribution in [3.05, 3.63) is 0 Å². The Hall–Kier alpha value is -0.0800. The highest BCUT2D eigenvalue weighted by atomic mass is 16.3. The van der Waals surface area contributed by atoms with Crippen LogP contribution < -0.4 is 0 Å². The molecule has 0 aromatic heterocycles. The van der Waals surface area contributed by atoms with E-state index in [0.29, 0.717) is 11.8 Å². The molecule has 1 fully saturated rings. The van der Waals surface area contributed by atoms with Crippen LogP contribution in [0.4, 0.5) is 0 Å². The fraction of sp³-hybridized carbons (Fsp3) is 1.00. The molecule has 3 atom stereocenters. The van der Waals surface area contributed by atoms with Gasteiger partial charge in [0.1, 0.15) is 0 Å². The van der Waals surface area contributed by atoms with Crippen molar-refractivity contribution in [1.82, 2.24) is 0 Å². The molecule has 2 heteroatoms. The van der Waals surface area contributed by atoms with Crippen molar-refractivity contribution in [2.45, 2.75) is 26.2 Å². The van der Waals surface area contributed by atoms with Crippen LogP contribution in [-0.2, 0) is 0 Å². The first kappa shape index (κ1) is 9.01. The van der Waals surface area contributed by atoms with Crippen LogP contribution in [-0.4, -0.2) is 23.4 Å². The van der Waals surface area contributed by atoms with Gasteiger partial charge in [-0.25, -0.2) is 0 Å². The second-order valence-electron chi connectivity index (χ2n) is 3.80. The van der Waals surface area contributed by atoms with E-state index < -0.39 is 0 Å². The Morgan fingerprint density at radius 3 is 2.27 bits per heavy atom. The molecule has 2 N–H and O–H groups in total. The standard InChI is InChI=1S/C9H18O2/c1-7-2-3-8(5-10)9(4-7)6-11/h7-11H,2-6H2,1H3/t7-,8-,9+/m1/s1. The van der Waals surface area contributed by atoms with E-state index >= 15 is 0 Å². The van der Waals surface area contributed by atoms with Crippen LogP contribution in [0.3, 0.4) is 0 Å². The van der Waals surface area contributed by atoms with E-state index in [1.54, 1.807) is 0 Å². The van der Waals surface area contributed by atoms with Crippen LogP contribution in [0.25, 0.3) is 0 Å². The van der Waals surface area contributed by atoms with Crippen LogP contribution in [0, 0.1) is 17.8 Å². The van der Waals surface area contributed by atoms with E-state index in [4.69, 9.17) is 10.2 Å². The Labute approximate surface area is 68.2 Å². The maximum Gasteiger partial charge on any atom is 0.0462 e.